The van der Waals surface area contributed by atoms with Gasteiger partial charge in [-0.05, 0) is 30.9 Å². The van der Waals surface area contributed by atoms with Gasteiger partial charge in [0.1, 0.15) is 0 Å². The van der Waals surface area contributed by atoms with E-state index >= 15 is 0 Å². The molecule has 2 atom stereocenters. The van der Waals surface area contributed by atoms with Crippen molar-refractivity contribution in [3.8, 4) is 0 Å². The Hall–Kier alpha value is -1.56. The van der Waals surface area contributed by atoms with Crippen molar-refractivity contribution in [1.82, 2.24) is 4.90 Å². The van der Waals surface area contributed by atoms with Crippen molar-refractivity contribution in [2.75, 3.05) is 7.05 Å². The fourth-order valence-electron chi connectivity index (χ4n) is 2.82. The highest BCUT2D eigenvalue weighted by atomic mass is 19.4. The maximum Gasteiger partial charge on any atom is 0.416 e. The Kier molecular flexibility index (Phi) is 4.56. The number of carbonyl (C=O) groups is 1. The quantitative estimate of drug-likeness (QED) is 0.933. The maximum atomic E-state index is 12.9. The summed E-state index contributed by atoms with van der Waals surface area (Å²) in [6, 6.07) is 5.37. The lowest BCUT2D eigenvalue weighted by Crippen LogP contribution is -2.32. The third-order valence-electron chi connectivity index (χ3n) is 3.93. The third-order valence-corrected chi connectivity index (χ3v) is 3.93. The molecule has 0 heterocycles. The minimum absolute atomic E-state index is 0.0230. The van der Waals surface area contributed by atoms with Gasteiger partial charge in [0, 0.05) is 25.6 Å². The van der Waals surface area contributed by atoms with Gasteiger partial charge in [0.25, 0.3) is 0 Å². The molecule has 1 fully saturated rings. The van der Waals surface area contributed by atoms with Crippen LogP contribution in [-0.2, 0) is 17.5 Å². The lowest BCUT2D eigenvalue weighted by Gasteiger charge is -2.23. The molecule has 2 unspecified atom stereocenters. The number of hydrogen-bond acceptors (Lipinski definition) is 2. The van der Waals surface area contributed by atoms with Crippen molar-refractivity contribution < 1.29 is 18.0 Å². The number of halogens is 3. The van der Waals surface area contributed by atoms with Crippen LogP contribution in [0.4, 0.5) is 13.2 Å². The third kappa shape index (κ3) is 3.75. The molecule has 1 aliphatic rings. The first kappa shape index (κ1) is 15.8. The molecule has 21 heavy (non-hydrogen) atoms. The van der Waals surface area contributed by atoms with Crippen molar-refractivity contribution in [2.45, 2.75) is 38.0 Å². The normalized spacial score (nSPS) is 22.3. The molecular weight excluding hydrogens is 281 g/mol. The van der Waals surface area contributed by atoms with Gasteiger partial charge in [0.15, 0.2) is 0 Å². The molecule has 0 saturated heterocycles. The summed E-state index contributed by atoms with van der Waals surface area (Å²) < 4.78 is 38.8. The number of benzene rings is 1. The van der Waals surface area contributed by atoms with Gasteiger partial charge in [-0.3, -0.25) is 4.79 Å². The number of alkyl halides is 3. The SMILES string of the molecule is CN(Cc1ccccc1C(F)(F)F)C(=O)C1CCC(N)C1. The first-order chi connectivity index (χ1) is 9.79. The van der Waals surface area contributed by atoms with Crippen molar-refractivity contribution in [3.05, 3.63) is 35.4 Å². The van der Waals surface area contributed by atoms with Crippen LogP contribution in [-0.4, -0.2) is 23.9 Å². The van der Waals surface area contributed by atoms with E-state index in [1.54, 1.807) is 13.1 Å². The van der Waals surface area contributed by atoms with E-state index in [2.05, 4.69) is 0 Å². The van der Waals surface area contributed by atoms with Crippen LogP contribution >= 0.6 is 0 Å². The number of amides is 1. The molecule has 1 aliphatic carbocycles. The van der Waals surface area contributed by atoms with E-state index in [9.17, 15) is 18.0 Å². The van der Waals surface area contributed by atoms with E-state index in [1.165, 1.54) is 17.0 Å². The smallest absolute Gasteiger partial charge is 0.341 e. The van der Waals surface area contributed by atoms with Crippen LogP contribution in [0.15, 0.2) is 24.3 Å². The Balaban J connectivity index is 2.09. The molecule has 0 spiro atoms. The molecule has 116 valence electrons. The molecule has 1 amide bonds. The molecule has 2 N–H and O–H groups in total. The number of rotatable bonds is 3. The monoisotopic (exact) mass is 300 g/mol. The lowest BCUT2D eigenvalue weighted by atomic mass is 10.0. The highest BCUT2D eigenvalue weighted by Gasteiger charge is 2.34. The highest BCUT2D eigenvalue weighted by molar-refractivity contribution is 5.79. The van der Waals surface area contributed by atoms with E-state index in [4.69, 9.17) is 5.73 Å². The molecule has 0 aliphatic heterocycles. The van der Waals surface area contributed by atoms with Crippen LogP contribution in [0.3, 0.4) is 0 Å². The van der Waals surface area contributed by atoms with E-state index in [1.807, 2.05) is 0 Å². The molecule has 0 radical (unpaired) electrons. The average Bonchev–Trinajstić information content (AvgIpc) is 2.84. The molecule has 1 saturated carbocycles. The topological polar surface area (TPSA) is 46.3 Å². The second-order valence-corrected chi connectivity index (χ2v) is 5.62. The van der Waals surface area contributed by atoms with Gasteiger partial charge >= 0.3 is 6.18 Å². The first-order valence-electron chi connectivity index (χ1n) is 6.94. The predicted molar refractivity (Wildman–Crippen MR) is 73.2 cm³/mol. The fourth-order valence-corrected chi connectivity index (χ4v) is 2.82. The van der Waals surface area contributed by atoms with E-state index < -0.39 is 11.7 Å². The molecule has 6 heteroatoms. The Morgan fingerprint density at radius 1 is 1.33 bits per heavy atom. The summed E-state index contributed by atoms with van der Waals surface area (Å²) in [5.41, 5.74) is 5.20. The minimum atomic E-state index is -4.41. The van der Waals surface area contributed by atoms with Crippen LogP contribution < -0.4 is 5.73 Å². The number of carbonyl (C=O) groups excluding carboxylic acids is 1. The second-order valence-electron chi connectivity index (χ2n) is 5.62. The summed E-state index contributed by atoms with van der Waals surface area (Å²) >= 11 is 0. The van der Waals surface area contributed by atoms with Gasteiger partial charge in [0.05, 0.1) is 5.56 Å². The second kappa shape index (κ2) is 6.05. The molecular formula is C15H19F3N2O. The van der Waals surface area contributed by atoms with Crippen LogP contribution in [0.25, 0.3) is 0 Å². The Labute approximate surface area is 121 Å². The van der Waals surface area contributed by atoms with E-state index in [0.29, 0.717) is 12.8 Å². The largest absolute Gasteiger partial charge is 0.416 e. The Bertz CT molecular complexity index is 516. The number of nitrogens with zero attached hydrogens (tertiary/aromatic N) is 1. The molecule has 0 bridgehead atoms. The summed E-state index contributed by atoms with van der Waals surface area (Å²) in [7, 11) is 1.54. The van der Waals surface area contributed by atoms with Crippen molar-refractivity contribution >= 4 is 5.91 Å². The van der Waals surface area contributed by atoms with Gasteiger partial charge in [-0.15, -0.1) is 0 Å². The standard InChI is InChI=1S/C15H19F3N2O/c1-20(14(21)10-6-7-12(19)8-10)9-11-4-2-3-5-13(11)15(16,17)18/h2-5,10,12H,6-9,19H2,1H3. The van der Waals surface area contributed by atoms with Crippen LogP contribution in [0.5, 0.6) is 0 Å². The molecule has 2 rings (SSSR count). The van der Waals surface area contributed by atoms with E-state index in [-0.39, 0.29) is 30.0 Å². The molecule has 1 aromatic carbocycles. The Morgan fingerprint density at radius 2 is 2.00 bits per heavy atom. The zero-order valence-electron chi connectivity index (χ0n) is 11.9. The fraction of sp³-hybridized carbons (Fsp3) is 0.533. The summed E-state index contributed by atoms with van der Waals surface area (Å²) in [5.74, 6) is -0.289. The van der Waals surface area contributed by atoms with Gasteiger partial charge in [-0.2, -0.15) is 13.2 Å². The summed E-state index contributed by atoms with van der Waals surface area (Å²) in [5, 5.41) is 0. The number of nitrogens with two attached hydrogens (primary N) is 1. The van der Waals surface area contributed by atoms with Gasteiger partial charge < -0.3 is 10.6 Å². The number of hydrogen-bond donors (Lipinski definition) is 1. The zero-order valence-corrected chi connectivity index (χ0v) is 11.9. The summed E-state index contributed by atoms with van der Waals surface area (Å²) in [4.78, 5) is 13.6. The molecule has 3 nitrogen and oxygen atoms in total. The first-order valence-corrected chi connectivity index (χ1v) is 6.94. The summed E-state index contributed by atoms with van der Waals surface area (Å²) in [6.07, 6.45) is -2.28. The minimum Gasteiger partial charge on any atom is -0.341 e. The van der Waals surface area contributed by atoms with Gasteiger partial charge in [-0.25, -0.2) is 0 Å². The zero-order chi connectivity index (χ0) is 15.6. The molecule has 1 aromatic rings. The van der Waals surface area contributed by atoms with Crippen molar-refractivity contribution in [1.29, 1.82) is 0 Å². The van der Waals surface area contributed by atoms with Crippen molar-refractivity contribution in [3.63, 3.8) is 0 Å². The van der Waals surface area contributed by atoms with E-state index in [0.717, 1.165) is 12.5 Å². The highest BCUT2D eigenvalue weighted by Crippen LogP contribution is 2.33. The van der Waals surface area contributed by atoms with Crippen LogP contribution in [0.1, 0.15) is 30.4 Å². The predicted octanol–water partition coefficient (Wildman–Crippen LogP) is 2.79. The maximum absolute atomic E-state index is 12.9. The van der Waals surface area contributed by atoms with Gasteiger partial charge in [0.2, 0.25) is 5.91 Å². The lowest BCUT2D eigenvalue weighted by molar-refractivity contribution is -0.140. The van der Waals surface area contributed by atoms with Crippen molar-refractivity contribution in [2.24, 2.45) is 11.7 Å². The van der Waals surface area contributed by atoms with Crippen LogP contribution in [0, 0.1) is 5.92 Å². The van der Waals surface area contributed by atoms with Crippen LogP contribution in [0.2, 0.25) is 0 Å². The summed E-state index contributed by atoms with van der Waals surface area (Å²) in [6.45, 7) is -0.0414. The average molecular weight is 300 g/mol. The Morgan fingerprint density at radius 3 is 2.57 bits per heavy atom. The molecule has 0 aromatic heterocycles. The van der Waals surface area contributed by atoms with Gasteiger partial charge in [-0.1, -0.05) is 18.2 Å².